The summed E-state index contributed by atoms with van der Waals surface area (Å²) in [6.07, 6.45) is 3.54. The largest absolute Gasteiger partial charge is 0.297 e. The fourth-order valence-corrected chi connectivity index (χ4v) is 2.29. The van der Waals surface area contributed by atoms with Gasteiger partial charge in [0, 0.05) is 19.2 Å². The molecule has 0 unspecified atom stereocenters. The highest BCUT2D eigenvalue weighted by atomic mass is 14.7. The van der Waals surface area contributed by atoms with Crippen LogP contribution in [-0.4, -0.2) is 12.8 Å². The molecule has 0 saturated carbocycles. The minimum atomic E-state index is 0.685. The molecule has 1 aliphatic carbocycles. The fraction of sp³-hybridized carbons (Fsp3) is 0.769. The van der Waals surface area contributed by atoms with Crippen molar-refractivity contribution in [2.45, 2.75) is 47.0 Å². The molecule has 0 saturated heterocycles. The van der Waals surface area contributed by atoms with Gasteiger partial charge in [-0.25, -0.2) is 0 Å². The predicted molar refractivity (Wildman–Crippen MR) is 63.9 cm³/mol. The topological polar surface area (TPSA) is 12.4 Å². The van der Waals surface area contributed by atoms with Gasteiger partial charge in [-0.3, -0.25) is 4.99 Å². The molecule has 0 atom stereocenters. The van der Waals surface area contributed by atoms with E-state index in [0.717, 1.165) is 6.42 Å². The van der Waals surface area contributed by atoms with Crippen molar-refractivity contribution in [1.29, 1.82) is 0 Å². The Morgan fingerprint density at radius 2 is 1.50 bits per heavy atom. The van der Waals surface area contributed by atoms with Crippen molar-refractivity contribution in [3.8, 4) is 0 Å². The summed E-state index contributed by atoms with van der Waals surface area (Å²) in [4.78, 5) is 4.36. The zero-order valence-electron chi connectivity index (χ0n) is 10.2. The van der Waals surface area contributed by atoms with Crippen molar-refractivity contribution in [2.75, 3.05) is 7.05 Å². The molecular weight excluding hydrogens is 170 g/mol. The third kappa shape index (κ3) is 2.46. The Bertz CT molecular complexity index is 256. The molecule has 0 bridgehead atoms. The molecule has 0 aromatic rings. The summed E-state index contributed by atoms with van der Waals surface area (Å²) in [5.41, 5.74) is 4.72. The van der Waals surface area contributed by atoms with Gasteiger partial charge in [0.05, 0.1) is 0 Å². The highest BCUT2D eigenvalue weighted by Gasteiger charge is 2.20. The molecule has 1 aliphatic rings. The molecule has 0 radical (unpaired) electrons. The number of rotatable bonds is 2. The summed E-state index contributed by atoms with van der Waals surface area (Å²) in [6, 6.07) is 0. The van der Waals surface area contributed by atoms with Crippen molar-refractivity contribution in [2.24, 2.45) is 16.8 Å². The molecule has 0 aromatic heterocycles. The second-order valence-corrected chi connectivity index (χ2v) is 4.83. The summed E-state index contributed by atoms with van der Waals surface area (Å²) in [5, 5.41) is 0. The highest BCUT2D eigenvalue weighted by Crippen LogP contribution is 2.32. The number of hydrogen-bond donors (Lipinski definition) is 0. The zero-order valence-corrected chi connectivity index (χ0v) is 10.2. The van der Waals surface area contributed by atoms with E-state index in [1.54, 1.807) is 11.1 Å². The third-order valence-corrected chi connectivity index (χ3v) is 3.20. The minimum Gasteiger partial charge on any atom is -0.297 e. The van der Waals surface area contributed by atoms with Crippen LogP contribution in [0.1, 0.15) is 47.0 Å². The first kappa shape index (κ1) is 11.5. The molecule has 1 rings (SSSR count). The van der Waals surface area contributed by atoms with E-state index in [4.69, 9.17) is 0 Å². The first-order chi connectivity index (χ1) is 6.56. The van der Waals surface area contributed by atoms with Gasteiger partial charge in [-0.15, -0.1) is 0 Å². The standard InChI is InChI=1S/C13H23N/c1-9(2)12-7-6-11(14-5)8-13(12)10(3)4/h9-10H,6-8H2,1-5H3. The van der Waals surface area contributed by atoms with Crippen molar-refractivity contribution in [3.05, 3.63) is 11.1 Å². The summed E-state index contributed by atoms with van der Waals surface area (Å²) < 4.78 is 0. The lowest BCUT2D eigenvalue weighted by atomic mass is 9.80. The van der Waals surface area contributed by atoms with Crippen molar-refractivity contribution in [3.63, 3.8) is 0 Å². The van der Waals surface area contributed by atoms with E-state index in [0.29, 0.717) is 11.8 Å². The maximum absolute atomic E-state index is 4.36. The molecule has 80 valence electrons. The van der Waals surface area contributed by atoms with Gasteiger partial charge in [-0.05, 0) is 24.7 Å². The molecule has 1 heteroatoms. The lowest BCUT2D eigenvalue weighted by Crippen LogP contribution is -2.16. The van der Waals surface area contributed by atoms with Gasteiger partial charge in [0.2, 0.25) is 0 Å². The smallest absolute Gasteiger partial charge is 0.0276 e. The van der Waals surface area contributed by atoms with Gasteiger partial charge in [0.15, 0.2) is 0 Å². The van der Waals surface area contributed by atoms with Gasteiger partial charge in [0.1, 0.15) is 0 Å². The van der Waals surface area contributed by atoms with Crippen LogP contribution in [0.2, 0.25) is 0 Å². The minimum absolute atomic E-state index is 0.685. The van der Waals surface area contributed by atoms with Crippen molar-refractivity contribution < 1.29 is 0 Å². The Labute approximate surface area is 88.3 Å². The Balaban J connectivity index is 2.95. The quantitative estimate of drug-likeness (QED) is 0.591. The number of nitrogens with zero attached hydrogens (tertiary/aromatic N) is 1. The van der Waals surface area contributed by atoms with E-state index in [-0.39, 0.29) is 0 Å². The molecule has 0 fully saturated rings. The van der Waals surface area contributed by atoms with Crippen LogP contribution in [-0.2, 0) is 0 Å². The Kier molecular flexibility index (Phi) is 3.91. The van der Waals surface area contributed by atoms with Gasteiger partial charge < -0.3 is 0 Å². The van der Waals surface area contributed by atoms with E-state index in [9.17, 15) is 0 Å². The van der Waals surface area contributed by atoms with Crippen LogP contribution < -0.4 is 0 Å². The summed E-state index contributed by atoms with van der Waals surface area (Å²) in [6.45, 7) is 9.23. The molecule has 14 heavy (non-hydrogen) atoms. The summed E-state index contributed by atoms with van der Waals surface area (Å²) >= 11 is 0. The molecular formula is C13H23N. The number of hydrogen-bond acceptors (Lipinski definition) is 1. The Morgan fingerprint density at radius 1 is 0.929 bits per heavy atom. The molecule has 0 spiro atoms. The average molecular weight is 193 g/mol. The molecule has 0 N–H and O–H groups in total. The summed E-state index contributed by atoms with van der Waals surface area (Å²) in [5.74, 6) is 1.40. The van der Waals surface area contributed by atoms with Crippen LogP contribution in [0.25, 0.3) is 0 Å². The summed E-state index contributed by atoms with van der Waals surface area (Å²) in [7, 11) is 1.92. The van der Waals surface area contributed by atoms with E-state index < -0.39 is 0 Å². The maximum Gasteiger partial charge on any atom is 0.0276 e. The normalized spacial score (nSPS) is 21.5. The first-order valence-electron chi connectivity index (χ1n) is 5.72. The Morgan fingerprint density at radius 3 is 1.93 bits per heavy atom. The SMILES string of the molecule is CN=C1CCC(C(C)C)=C(C(C)C)C1. The number of allylic oxidation sites excluding steroid dienone is 2. The number of aliphatic imine (C=N–C) groups is 1. The first-order valence-corrected chi connectivity index (χ1v) is 5.72. The van der Waals surface area contributed by atoms with Crippen LogP contribution in [0.4, 0.5) is 0 Å². The lowest BCUT2D eigenvalue weighted by Gasteiger charge is -2.26. The second-order valence-electron chi connectivity index (χ2n) is 4.83. The molecule has 1 nitrogen and oxygen atoms in total. The zero-order chi connectivity index (χ0) is 10.7. The molecule has 0 aromatic carbocycles. The van der Waals surface area contributed by atoms with Crippen LogP contribution in [0.3, 0.4) is 0 Å². The fourth-order valence-electron chi connectivity index (χ4n) is 2.29. The van der Waals surface area contributed by atoms with Crippen LogP contribution in [0.15, 0.2) is 16.1 Å². The average Bonchev–Trinajstić information content (AvgIpc) is 2.16. The van der Waals surface area contributed by atoms with E-state index in [1.807, 2.05) is 7.05 Å². The van der Waals surface area contributed by atoms with Crippen LogP contribution >= 0.6 is 0 Å². The Hall–Kier alpha value is -0.590. The lowest BCUT2D eigenvalue weighted by molar-refractivity contribution is 0.633. The molecule has 0 aliphatic heterocycles. The monoisotopic (exact) mass is 193 g/mol. The van der Waals surface area contributed by atoms with Crippen LogP contribution in [0.5, 0.6) is 0 Å². The van der Waals surface area contributed by atoms with Crippen LogP contribution in [0, 0.1) is 11.8 Å². The predicted octanol–water partition coefficient (Wildman–Crippen LogP) is 3.85. The van der Waals surface area contributed by atoms with E-state index in [2.05, 4.69) is 32.7 Å². The highest BCUT2D eigenvalue weighted by molar-refractivity contribution is 5.88. The van der Waals surface area contributed by atoms with Gasteiger partial charge in [-0.1, -0.05) is 38.8 Å². The second kappa shape index (κ2) is 4.77. The molecule has 0 heterocycles. The van der Waals surface area contributed by atoms with Gasteiger partial charge in [-0.2, -0.15) is 0 Å². The maximum atomic E-state index is 4.36. The molecule has 0 amide bonds. The van der Waals surface area contributed by atoms with Crippen molar-refractivity contribution in [1.82, 2.24) is 0 Å². The van der Waals surface area contributed by atoms with Gasteiger partial charge in [0.25, 0.3) is 0 Å². The van der Waals surface area contributed by atoms with E-state index >= 15 is 0 Å². The van der Waals surface area contributed by atoms with Gasteiger partial charge >= 0.3 is 0 Å². The van der Waals surface area contributed by atoms with E-state index in [1.165, 1.54) is 18.6 Å². The van der Waals surface area contributed by atoms with Crippen molar-refractivity contribution >= 4 is 5.71 Å². The third-order valence-electron chi connectivity index (χ3n) is 3.20.